The van der Waals surface area contributed by atoms with Crippen molar-refractivity contribution in [2.24, 2.45) is 5.92 Å². The molecule has 1 fully saturated rings. The number of anilines is 1. The van der Waals surface area contributed by atoms with Gasteiger partial charge in [-0.05, 0) is 48.6 Å². The number of benzene rings is 1. The van der Waals surface area contributed by atoms with Gasteiger partial charge in [0.15, 0.2) is 0 Å². The van der Waals surface area contributed by atoms with Gasteiger partial charge in [-0.15, -0.1) is 0 Å². The van der Waals surface area contributed by atoms with Gasteiger partial charge in [0.1, 0.15) is 5.69 Å². The van der Waals surface area contributed by atoms with Crippen molar-refractivity contribution in [3.05, 3.63) is 46.8 Å². The molecule has 1 saturated carbocycles. The van der Waals surface area contributed by atoms with E-state index >= 15 is 0 Å². The number of nitrogens with zero attached hydrogens (tertiary/aromatic N) is 1. The van der Waals surface area contributed by atoms with Crippen molar-refractivity contribution in [1.29, 1.82) is 0 Å². The first kappa shape index (κ1) is 22.5. The average molecular weight is 427 g/mol. The molecular weight excluding hydrogens is 396 g/mol. The molecule has 0 radical (unpaired) electrons. The molecule has 0 aliphatic heterocycles. The molecule has 2 amide bonds. The third kappa shape index (κ3) is 5.93. The molecule has 1 aliphatic carbocycles. The predicted octanol–water partition coefficient (Wildman–Crippen LogP) is 3.77. The highest BCUT2D eigenvalue weighted by Crippen LogP contribution is 2.25. The molecule has 0 atom stereocenters. The Labute approximate surface area is 182 Å². The third-order valence-corrected chi connectivity index (χ3v) is 5.56. The van der Waals surface area contributed by atoms with Crippen LogP contribution in [0.5, 0.6) is 0 Å². The van der Waals surface area contributed by atoms with Crippen LogP contribution in [0, 0.1) is 5.92 Å². The van der Waals surface area contributed by atoms with Crippen molar-refractivity contribution >= 4 is 23.5 Å². The average Bonchev–Trinajstić information content (AvgIpc) is 3.28. The largest absolute Gasteiger partial charge is 0.465 e. The number of hydrogen-bond acceptors (Lipinski definition) is 5. The standard InChI is InChI=1S/C23H30N4O4/c1-14(2)19-12-20(27-26-19)22(29)24-13-15-9-17(23(30)31-3)11-18(10-15)25-21(28)16-7-5-4-6-8-16/h9-12,14,16H,4-8,13H2,1-3H3,(H,24,29)(H,25,28)(H,26,27). The van der Waals surface area contributed by atoms with E-state index in [9.17, 15) is 14.4 Å². The van der Waals surface area contributed by atoms with E-state index in [1.807, 2.05) is 13.8 Å². The molecule has 3 rings (SSSR count). The Morgan fingerprint density at radius 3 is 2.52 bits per heavy atom. The van der Waals surface area contributed by atoms with E-state index in [-0.39, 0.29) is 30.2 Å². The summed E-state index contributed by atoms with van der Waals surface area (Å²) < 4.78 is 4.83. The first-order valence-corrected chi connectivity index (χ1v) is 10.7. The Bertz CT molecular complexity index is 945. The molecule has 1 aromatic heterocycles. The number of esters is 1. The fraction of sp³-hybridized carbons (Fsp3) is 0.478. The molecule has 166 valence electrons. The summed E-state index contributed by atoms with van der Waals surface area (Å²) >= 11 is 0. The summed E-state index contributed by atoms with van der Waals surface area (Å²) in [4.78, 5) is 37.2. The van der Waals surface area contributed by atoms with Gasteiger partial charge in [-0.1, -0.05) is 33.1 Å². The van der Waals surface area contributed by atoms with Crippen LogP contribution in [0.4, 0.5) is 5.69 Å². The van der Waals surface area contributed by atoms with Gasteiger partial charge in [-0.25, -0.2) is 4.79 Å². The maximum Gasteiger partial charge on any atom is 0.337 e. The lowest BCUT2D eigenvalue weighted by Crippen LogP contribution is -2.25. The minimum Gasteiger partial charge on any atom is -0.465 e. The minimum atomic E-state index is -0.504. The number of methoxy groups -OCH3 is 1. The molecule has 0 saturated heterocycles. The molecule has 3 N–H and O–H groups in total. The molecular formula is C23H30N4O4. The van der Waals surface area contributed by atoms with Crippen molar-refractivity contribution in [2.45, 2.75) is 58.4 Å². The van der Waals surface area contributed by atoms with Gasteiger partial charge in [0.2, 0.25) is 5.91 Å². The summed E-state index contributed by atoms with van der Waals surface area (Å²) in [6, 6.07) is 6.73. The molecule has 0 bridgehead atoms. The first-order chi connectivity index (χ1) is 14.9. The molecule has 0 unspecified atom stereocenters. The minimum absolute atomic E-state index is 0.00601. The number of ether oxygens (including phenoxy) is 1. The normalized spacial score (nSPS) is 14.3. The number of carbonyl (C=O) groups is 3. The van der Waals surface area contributed by atoms with Crippen LogP contribution >= 0.6 is 0 Å². The predicted molar refractivity (Wildman–Crippen MR) is 117 cm³/mol. The van der Waals surface area contributed by atoms with Crippen LogP contribution in [0.25, 0.3) is 0 Å². The van der Waals surface area contributed by atoms with Crippen LogP contribution in [0.2, 0.25) is 0 Å². The van der Waals surface area contributed by atoms with Crippen molar-refractivity contribution in [3.8, 4) is 0 Å². The van der Waals surface area contributed by atoms with Gasteiger partial charge in [0, 0.05) is 23.8 Å². The van der Waals surface area contributed by atoms with Crippen molar-refractivity contribution in [2.75, 3.05) is 12.4 Å². The number of nitrogens with one attached hydrogen (secondary N) is 3. The Hall–Kier alpha value is -3.16. The monoisotopic (exact) mass is 426 g/mol. The van der Waals surface area contributed by atoms with E-state index in [4.69, 9.17) is 4.74 Å². The number of aromatic amines is 1. The van der Waals surface area contributed by atoms with Gasteiger partial charge < -0.3 is 15.4 Å². The second-order valence-corrected chi connectivity index (χ2v) is 8.28. The SMILES string of the molecule is COC(=O)c1cc(CNC(=O)c2cc(C(C)C)[nH]n2)cc(NC(=O)C2CCCCC2)c1. The summed E-state index contributed by atoms with van der Waals surface area (Å²) in [5, 5.41) is 12.6. The van der Waals surface area contributed by atoms with E-state index in [0.29, 0.717) is 22.5 Å². The summed E-state index contributed by atoms with van der Waals surface area (Å²) in [7, 11) is 1.31. The lowest BCUT2D eigenvalue weighted by molar-refractivity contribution is -0.120. The molecule has 8 nitrogen and oxygen atoms in total. The van der Waals surface area contributed by atoms with Crippen LogP contribution in [0.15, 0.2) is 24.3 Å². The summed E-state index contributed by atoms with van der Waals surface area (Å²) in [6.45, 7) is 4.20. The third-order valence-electron chi connectivity index (χ3n) is 5.56. The van der Waals surface area contributed by atoms with E-state index in [2.05, 4.69) is 20.8 Å². The summed E-state index contributed by atoms with van der Waals surface area (Å²) in [5.74, 6) is -0.626. The van der Waals surface area contributed by atoms with Gasteiger partial charge >= 0.3 is 5.97 Å². The van der Waals surface area contributed by atoms with Crippen LogP contribution in [-0.2, 0) is 16.1 Å². The van der Waals surface area contributed by atoms with E-state index < -0.39 is 5.97 Å². The Morgan fingerprint density at radius 2 is 1.87 bits per heavy atom. The van der Waals surface area contributed by atoms with Crippen LogP contribution in [0.3, 0.4) is 0 Å². The zero-order valence-corrected chi connectivity index (χ0v) is 18.3. The molecule has 8 heteroatoms. The van der Waals surface area contributed by atoms with Crippen molar-refractivity contribution in [1.82, 2.24) is 15.5 Å². The molecule has 1 aromatic carbocycles. The number of rotatable bonds is 7. The van der Waals surface area contributed by atoms with E-state index in [1.54, 1.807) is 24.3 Å². The number of aromatic nitrogens is 2. The molecule has 1 aliphatic rings. The molecule has 1 heterocycles. The fourth-order valence-electron chi connectivity index (χ4n) is 3.73. The number of hydrogen-bond donors (Lipinski definition) is 3. The fourth-order valence-corrected chi connectivity index (χ4v) is 3.73. The summed E-state index contributed by atoms with van der Waals surface area (Å²) in [6.07, 6.45) is 5.05. The lowest BCUT2D eigenvalue weighted by Gasteiger charge is -2.21. The number of amides is 2. The Balaban J connectivity index is 1.72. The van der Waals surface area contributed by atoms with Crippen molar-refractivity contribution < 1.29 is 19.1 Å². The molecule has 0 spiro atoms. The molecule has 2 aromatic rings. The zero-order chi connectivity index (χ0) is 22.4. The van der Waals surface area contributed by atoms with Crippen LogP contribution < -0.4 is 10.6 Å². The molecule has 31 heavy (non-hydrogen) atoms. The Kier molecular flexibility index (Phi) is 7.44. The topological polar surface area (TPSA) is 113 Å². The highest BCUT2D eigenvalue weighted by molar-refractivity contribution is 5.96. The highest BCUT2D eigenvalue weighted by Gasteiger charge is 2.22. The van der Waals surface area contributed by atoms with Gasteiger partial charge in [0.25, 0.3) is 5.91 Å². The highest BCUT2D eigenvalue weighted by atomic mass is 16.5. The van der Waals surface area contributed by atoms with Crippen LogP contribution in [-0.4, -0.2) is 35.1 Å². The van der Waals surface area contributed by atoms with Gasteiger partial charge in [-0.2, -0.15) is 5.10 Å². The van der Waals surface area contributed by atoms with Gasteiger partial charge in [-0.3, -0.25) is 14.7 Å². The number of H-pyrrole nitrogens is 1. The van der Waals surface area contributed by atoms with Crippen molar-refractivity contribution in [3.63, 3.8) is 0 Å². The summed E-state index contributed by atoms with van der Waals surface area (Å²) in [5.41, 5.74) is 2.69. The van der Waals surface area contributed by atoms with Gasteiger partial charge in [0.05, 0.1) is 12.7 Å². The smallest absolute Gasteiger partial charge is 0.337 e. The Morgan fingerprint density at radius 1 is 1.13 bits per heavy atom. The second kappa shape index (κ2) is 10.2. The second-order valence-electron chi connectivity index (χ2n) is 8.28. The lowest BCUT2D eigenvalue weighted by atomic mass is 9.88. The van der Waals surface area contributed by atoms with E-state index in [1.165, 1.54) is 13.5 Å². The zero-order valence-electron chi connectivity index (χ0n) is 18.3. The van der Waals surface area contributed by atoms with Crippen LogP contribution in [0.1, 0.15) is 84.0 Å². The quantitative estimate of drug-likeness (QED) is 0.583. The number of carbonyl (C=O) groups excluding carboxylic acids is 3. The van der Waals surface area contributed by atoms with E-state index in [0.717, 1.165) is 31.4 Å². The first-order valence-electron chi connectivity index (χ1n) is 10.7. The maximum absolute atomic E-state index is 12.6. The maximum atomic E-state index is 12.6.